The Bertz CT molecular complexity index is 1550. The highest BCUT2D eigenvalue weighted by atomic mass is 35.5. The topological polar surface area (TPSA) is 102 Å². The molecule has 0 aliphatic carbocycles. The molecule has 0 bridgehead atoms. The number of nitrogens with zero attached hydrogens (tertiary/aromatic N) is 3. The molecule has 1 N–H and O–H groups in total. The lowest BCUT2D eigenvalue weighted by Crippen LogP contribution is -2.29. The first kappa shape index (κ1) is 25.7. The second-order valence-corrected chi connectivity index (χ2v) is 9.95. The number of benzene rings is 2. The molecule has 0 saturated carbocycles. The second-order valence-electron chi connectivity index (χ2n) is 8.50. The number of anilines is 1. The quantitative estimate of drug-likeness (QED) is 0.159. The lowest BCUT2D eigenvalue weighted by atomic mass is 9.95. The van der Waals surface area contributed by atoms with Crippen molar-refractivity contribution in [2.24, 2.45) is 0 Å². The maximum Gasteiger partial charge on any atom is 0.301 e. The molecule has 1 atom stereocenters. The summed E-state index contributed by atoms with van der Waals surface area (Å²) in [7, 11) is 0. The van der Waals surface area contributed by atoms with Crippen LogP contribution in [0.15, 0.2) is 66.5 Å². The monoisotopic (exact) mass is 549 g/mol. The number of carbonyl (C=O) groups excluding carboxylic acids is 2. The number of aliphatic hydroxyl groups is 1. The van der Waals surface area contributed by atoms with Crippen LogP contribution in [0.5, 0.6) is 11.5 Å². The van der Waals surface area contributed by atoms with Gasteiger partial charge >= 0.3 is 5.91 Å². The summed E-state index contributed by atoms with van der Waals surface area (Å²) in [4.78, 5) is 36.9. The third kappa shape index (κ3) is 4.70. The van der Waals surface area contributed by atoms with E-state index in [2.05, 4.69) is 9.97 Å². The summed E-state index contributed by atoms with van der Waals surface area (Å²) in [6.45, 7) is 4.76. The summed E-state index contributed by atoms with van der Waals surface area (Å²) < 4.78 is 12.4. The van der Waals surface area contributed by atoms with E-state index in [0.717, 1.165) is 11.1 Å². The van der Waals surface area contributed by atoms with Crippen LogP contribution in [0.4, 0.5) is 5.13 Å². The number of hydrogen-bond acceptors (Lipinski definition) is 8. The van der Waals surface area contributed by atoms with Crippen LogP contribution in [0.25, 0.3) is 16.0 Å². The minimum absolute atomic E-state index is 0.0526. The molecule has 8 nitrogen and oxygen atoms in total. The molecule has 0 spiro atoms. The number of ether oxygens (including phenoxy) is 2. The molecule has 1 aliphatic heterocycles. The first-order valence-corrected chi connectivity index (χ1v) is 13.3. The number of Topliss-reactive ketones (excluding diaryl/α,β-unsaturated/α-hetero) is 1. The molecule has 2 aromatic carbocycles. The fraction of sp³-hybridized carbons (Fsp3) is 0.214. The van der Waals surface area contributed by atoms with Gasteiger partial charge in [0.05, 0.1) is 35.0 Å². The van der Waals surface area contributed by atoms with Gasteiger partial charge in [-0.2, -0.15) is 0 Å². The van der Waals surface area contributed by atoms with Gasteiger partial charge in [-0.25, -0.2) is 4.98 Å². The standard InChI is InChI=1S/C28H24ClN3O5S/c1-3-13-37-20-8-5-17(14-21(20)36-4-2)24-23(25(33)16-9-11-30-12-10-16)26(34)27(35)32(24)28-31-19-7-6-18(29)15-22(19)38-28/h5-12,14-15,24,33H,3-4,13H2,1-2H3/b25-23+. The van der Waals surface area contributed by atoms with E-state index in [0.29, 0.717) is 51.5 Å². The molecule has 1 saturated heterocycles. The zero-order valence-electron chi connectivity index (χ0n) is 20.7. The zero-order valence-corrected chi connectivity index (χ0v) is 22.3. The SMILES string of the molecule is CCCOc1ccc(C2/C(=C(\O)c3ccncc3)C(=O)C(=O)N2c2nc3ccc(Cl)cc3s2)cc1OCC. The number of aromatic nitrogens is 2. The van der Waals surface area contributed by atoms with Gasteiger partial charge in [-0.3, -0.25) is 19.5 Å². The van der Waals surface area contributed by atoms with Crippen LogP contribution in [0, 0.1) is 0 Å². The van der Waals surface area contributed by atoms with Crippen LogP contribution in [-0.4, -0.2) is 40.0 Å². The van der Waals surface area contributed by atoms with Gasteiger partial charge in [0.15, 0.2) is 16.6 Å². The minimum Gasteiger partial charge on any atom is -0.507 e. The number of carbonyl (C=O) groups is 2. The van der Waals surface area contributed by atoms with Gasteiger partial charge in [0.25, 0.3) is 5.78 Å². The van der Waals surface area contributed by atoms with E-state index in [4.69, 9.17) is 21.1 Å². The highest BCUT2D eigenvalue weighted by Gasteiger charge is 2.48. The van der Waals surface area contributed by atoms with Crippen LogP contribution >= 0.6 is 22.9 Å². The van der Waals surface area contributed by atoms with Gasteiger partial charge < -0.3 is 14.6 Å². The Morgan fingerprint density at radius 3 is 2.58 bits per heavy atom. The maximum atomic E-state index is 13.5. The predicted octanol–water partition coefficient (Wildman–Crippen LogP) is 6.16. The van der Waals surface area contributed by atoms with Gasteiger partial charge in [-0.1, -0.05) is 35.9 Å². The van der Waals surface area contributed by atoms with E-state index < -0.39 is 17.7 Å². The number of thiazole rings is 1. The highest BCUT2D eigenvalue weighted by Crippen LogP contribution is 2.46. The molecule has 0 radical (unpaired) electrons. The lowest BCUT2D eigenvalue weighted by Gasteiger charge is -2.24. The molecule has 1 unspecified atom stereocenters. The van der Waals surface area contributed by atoms with Crippen molar-refractivity contribution in [1.82, 2.24) is 9.97 Å². The Morgan fingerprint density at radius 2 is 1.84 bits per heavy atom. The zero-order chi connectivity index (χ0) is 26.8. The van der Waals surface area contributed by atoms with Gasteiger partial charge in [-0.05, 0) is 61.4 Å². The summed E-state index contributed by atoms with van der Waals surface area (Å²) >= 11 is 7.41. The summed E-state index contributed by atoms with van der Waals surface area (Å²) in [6.07, 6.45) is 3.83. The Kier molecular flexibility index (Phi) is 7.31. The molecule has 1 aliphatic rings. The van der Waals surface area contributed by atoms with Crippen LogP contribution in [0.3, 0.4) is 0 Å². The van der Waals surface area contributed by atoms with Crippen molar-refractivity contribution in [2.45, 2.75) is 26.3 Å². The normalized spacial score (nSPS) is 16.8. The van der Waals surface area contributed by atoms with Crippen LogP contribution < -0.4 is 14.4 Å². The molecule has 2 aromatic heterocycles. The van der Waals surface area contributed by atoms with Crippen molar-refractivity contribution in [1.29, 1.82) is 0 Å². The average Bonchev–Trinajstić information content (AvgIpc) is 3.45. The lowest BCUT2D eigenvalue weighted by molar-refractivity contribution is -0.132. The van der Waals surface area contributed by atoms with E-state index >= 15 is 0 Å². The van der Waals surface area contributed by atoms with E-state index in [-0.39, 0.29) is 11.3 Å². The molecule has 1 amide bonds. The van der Waals surface area contributed by atoms with Crippen molar-refractivity contribution >= 4 is 55.7 Å². The van der Waals surface area contributed by atoms with E-state index in [1.807, 2.05) is 13.8 Å². The number of pyridine rings is 1. The number of fused-ring (bicyclic) bond motifs is 1. The number of amides is 1. The second kappa shape index (κ2) is 10.8. The highest BCUT2D eigenvalue weighted by molar-refractivity contribution is 7.22. The Morgan fingerprint density at radius 1 is 1.05 bits per heavy atom. The van der Waals surface area contributed by atoms with Crippen molar-refractivity contribution in [3.8, 4) is 11.5 Å². The Labute approximate surface area is 228 Å². The number of aliphatic hydroxyl groups excluding tert-OH is 1. The van der Waals surface area contributed by atoms with Gasteiger partial charge in [0.2, 0.25) is 0 Å². The third-order valence-electron chi connectivity index (χ3n) is 5.99. The molecule has 38 heavy (non-hydrogen) atoms. The summed E-state index contributed by atoms with van der Waals surface area (Å²) in [6, 6.07) is 12.7. The van der Waals surface area contributed by atoms with Crippen LogP contribution in [0.1, 0.15) is 37.4 Å². The van der Waals surface area contributed by atoms with Gasteiger partial charge in [0, 0.05) is 23.0 Å². The van der Waals surface area contributed by atoms with Crippen molar-refractivity contribution in [3.05, 3.63) is 82.6 Å². The molecule has 194 valence electrons. The fourth-order valence-electron chi connectivity index (χ4n) is 4.29. The predicted molar refractivity (Wildman–Crippen MR) is 147 cm³/mol. The molecule has 10 heteroatoms. The third-order valence-corrected chi connectivity index (χ3v) is 7.24. The van der Waals surface area contributed by atoms with Crippen molar-refractivity contribution < 1.29 is 24.2 Å². The Hall–Kier alpha value is -3.95. The molecule has 5 rings (SSSR count). The van der Waals surface area contributed by atoms with Crippen LogP contribution in [0.2, 0.25) is 5.02 Å². The summed E-state index contributed by atoms with van der Waals surface area (Å²) in [5, 5.41) is 12.1. The smallest absolute Gasteiger partial charge is 0.301 e. The summed E-state index contributed by atoms with van der Waals surface area (Å²) in [5.74, 6) is -0.875. The number of halogens is 1. The van der Waals surface area contributed by atoms with E-state index in [1.54, 1.807) is 48.5 Å². The van der Waals surface area contributed by atoms with Gasteiger partial charge in [-0.15, -0.1) is 0 Å². The molecular formula is C28H24ClN3O5S. The summed E-state index contributed by atoms with van der Waals surface area (Å²) in [5.41, 5.74) is 1.52. The molecular weight excluding hydrogens is 526 g/mol. The molecule has 1 fully saturated rings. The fourth-order valence-corrected chi connectivity index (χ4v) is 5.56. The number of rotatable bonds is 8. The van der Waals surface area contributed by atoms with Crippen LogP contribution in [-0.2, 0) is 9.59 Å². The van der Waals surface area contributed by atoms with E-state index in [1.165, 1.54) is 28.6 Å². The minimum atomic E-state index is -0.960. The molecule has 3 heterocycles. The van der Waals surface area contributed by atoms with E-state index in [9.17, 15) is 14.7 Å². The first-order chi connectivity index (χ1) is 18.4. The number of hydrogen-bond donors (Lipinski definition) is 1. The average molecular weight is 550 g/mol. The van der Waals surface area contributed by atoms with Crippen molar-refractivity contribution in [2.75, 3.05) is 18.1 Å². The largest absolute Gasteiger partial charge is 0.507 e. The first-order valence-electron chi connectivity index (χ1n) is 12.1. The maximum absolute atomic E-state index is 13.5. The van der Waals surface area contributed by atoms with Gasteiger partial charge in [0.1, 0.15) is 5.76 Å². The number of ketones is 1. The molecule has 4 aromatic rings. The van der Waals surface area contributed by atoms with Crippen molar-refractivity contribution in [3.63, 3.8) is 0 Å². The Balaban J connectivity index is 1.71.